The topological polar surface area (TPSA) is 65.6 Å². The van der Waals surface area contributed by atoms with Crippen LogP contribution in [0.3, 0.4) is 0 Å². The van der Waals surface area contributed by atoms with Gasteiger partial charge in [0, 0.05) is 42.0 Å². The van der Waals surface area contributed by atoms with Crippen LogP contribution in [0.25, 0.3) is 10.9 Å². The van der Waals surface area contributed by atoms with E-state index in [-0.39, 0.29) is 29.9 Å². The molecular formula is C22H29ClN2O3. The van der Waals surface area contributed by atoms with E-state index in [1.165, 1.54) is 0 Å². The fraction of sp³-hybridized carbons (Fsp3) is 0.591. The highest BCUT2D eigenvalue weighted by atomic mass is 35.5. The minimum atomic E-state index is -0.252. The van der Waals surface area contributed by atoms with Crippen molar-refractivity contribution in [1.29, 1.82) is 0 Å². The van der Waals surface area contributed by atoms with Crippen molar-refractivity contribution in [3.63, 3.8) is 0 Å². The number of carbonyl (C=O) groups is 1. The number of H-pyrrole nitrogens is 1. The molecule has 2 aromatic rings. The van der Waals surface area contributed by atoms with Crippen LogP contribution in [-0.2, 0) is 4.79 Å². The normalized spacial score (nSPS) is 26.1. The van der Waals surface area contributed by atoms with Gasteiger partial charge in [-0.3, -0.25) is 4.79 Å². The Hall–Kier alpha value is -1.72. The van der Waals surface area contributed by atoms with Crippen LogP contribution in [0.1, 0.15) is 56.9 Å². The Balaban J connectivity index is 1.52. The maximum absolute atomic E-state index is 13.2. The summed E-state index contributed by atoms with van der Waals surface area (Å²) in [6, 6.07) is 4.02. The van der Waals surface area contributed by atoms with Gasteiger partial charge in [0.1, 0.15) is 5.75 Å². The number of hydrogen-bond donors (Lipinski definition) is 2. The number of halogens is 1. The van der Waals surface area contributed by atoms with E-state index < -0.39 is 0 Å². The first-order chi connectivity index (χ1) is 13.5. The monoisotopic (exact) mass is 404 g/mol. The summed E-state index contributed by atoms with van der Waals surface area (Å²) in [6.07, 6.45) is 7.26. The van der Waals surface area contributed by atoms with Gasteiger partial charge < -0.3 is 19.7 Å². The van der Waals surface area contributed by atoms with Crippen LogP contribution in [0, 0.1) is 5.92 Å². The second-order valence-electron chi connectivity index (χ2n) is 8.34. The molecule has 0 spiro atoms. The molecule has 2 aliphatic rings. The minimum absolute atomic E-state index is 0.0843. The van der Waals surface area contributed by atoms with Gasteiger partial charge in [0.05, 0.1) is 18.2 Å². The van der Waals surface area contributed by atoms with Gasteiger partial charge in [0.2, 0.25) is 5.91 Å². The molecule has 1 aromatic carbocycles. The van der Waals surface area contributed by atoms with E-state index in [1.807, 2.05) is 18.3 Å². The van der Waals surface area contributed by atoms with Gasteiger partial charge in [-0.25, -0.2) is 0 Å². The van der Waals surface area contributed by atoms with E-state index in [0.29, 0.717) is 30.2 Å². The molecule has 4 unspecified atom stereocenters. The van der Waals surface area contributed by atoms with Crippen molar-refractivity contribution in [2.24, 2.45) is 5.92 Å². The second kappa shape index (κ2) is 7.96. The van der Waals surface area contributed by atoms with Crippen LogP contribution in [0.4, 0.5) is 0 Å². The highest BCUT2D eigenvalue weighted by molar-refractivity contribution is 6.32. The first-order valence-corrected chi connectivity index (χ1v) is 10.7. The molecule has 4 atom stereocenters. The van der Waals surface area contributed by atoms with E-state index in [0.717, 1.165) is 42.1 Å². The maximum Gasteiger partial charge on any atom is 0.223 e. The number of ether oxygens (including phenoxy) is 1. The molecule has 2 heterocycles. The number of aromatic nitrogens is 1. The number of fused-ring (bicyclic) bond motifs is 2. The molecule has 152 valence electrons. The summed E-state index contributed by atoms with van der Waals surface area (Å²) in [4.78, 5) is 18.5. The summed E-state index contributed by atoms with van der Waals surface area (Å²) in [6.45, 7) is 2.77. The molecule has 28 heavy (non-hydrogen) atoms. The largest absolute Gasteiger partial charge is 0.495 e. The van der Waals surface area contributed by atoms with Gasteiger partial charge in [-0.2, -0.15) is 0 Å². The summed E-state index contributed by atoms with van der Waals surface area (Å²) in [5, 5.41) is 12.0. The Morgan fingerprint density at radius 2 is 2.14 bits per heavy atom. The van der Waals surface area contributed by atoms with Crippen molar-refractivity contribution >= 4 is 28.4 Å². The quantitative estimate of drug-likeness (QED) is 0.789. The van der Waals surface area contributed by atoms with Crippen LogP contribution >= 0.6 is 11.6 Å². The lowest BCUT2D eigenvalue weighted by molar-refractivity contribution is -0.141. The second-order valence-corrected chi connectivity index (χ2v) is 8.75. The average Bonchev–Trinajstić information content (AvgIpc) is 3.10. The molecule has 1 aromatic heterocycles. The summed E-state index contributed by atoms with van der Waals surface area (Å²) < 4.78 is 5.36. The van der Waals surface area contributed by atoms with Crippen molar-refractivity contribution in [3.8, 4) is 5.75 Å². The van der Waals surface area contributed by atoms with E-state index in [2.05, 4.69) is 16.8 Å². The van der Waals surface area contributed by atoms with Crippen LogP contribution in [0.5, 0.6) is 5.75 Å². The summed E-state index contributed by atoms with van der Waals surface area (Å²) in [5.74, 6) is 1.18. The molecule has 2 fully saturated rings. The van der Waals surface area contributed by atoms with Crippen molar-refractivity contribution in [2.45, 2.75) is 63.5 Å². The molecule has 1 amide bonds. The molecule has 6 heteroatoms. The van der Waals surface area contributed by atoms with E-state index >= 15 is 0 Å². The number of rotatable bonds is 4. The number of aromatic amines is 1. The molecule has 1 saturated heterocycles. The zero-order chi connectivity index (χ0) is 19.8. The van der Waals surface area contributed by atoms with Gasteiger partial charge in [0.25, 0.3) is 0 Å². The van der Waals surface area contributed by atoms with Gasteiger partial charge in [-0.1, -0.05) is 31.4 Å². The number of aliphatic hydroxyl groups excluding tert-OH is 1. The third kappa shape index (κ3) is 3.50. The number of hydrogen-bond acceptors (Lipinski definition) is 3. The SMILES string of the molecule is COc1cc2c(C(C)CC(=O)N3CCC(O)C4CCCCC43)c[nH]c2cc1Cl. The smallest absolute Gasteiger partial charge is 0.223 e. The molecule has 0 bridgehead atoms. The third-order valence-corrected chi connectivity index (χ3v) is 6.96. The van der Waals surface area contributed by atoms with Crippen LogP contribution < -0.4 is 4.74 Å². The molecule has 2 N–H and O–H groups in total. The predicted molar refractivity (Wildman–Crippen MR) is 111 cm³/mol. The Morgan fingerprint density at radius 3 is 2.93 bits per heavy atom. The number of amides is 1. The number of aliphatic hydroxyl groups is 1. The number of nitrogens with one attached hydrogen (secondary N) is 1. The predicted octanol–water partition coefficient (Wildman–Crippen LogP) is 4.48. The minimum Gasteiger partial charge on any atom is -0.495 e. The van der Waals surface area contributed by atoms with Gasteiger partial charge in [-0.15, -0.1) is 0 Å². The van der Waals surface area contributed by atoms with Crippen molar-refractivity contribution in [1.82, 2.24) is 9.88 Å². The Morgan fingerprint density at radius 1 is 1.36 bits per heavy atom. The lowest BCUT2D eigenvalue weighted by atomic mass is 9.76. The highest BCUT2D eigenvalue weighted by Crippen LogP contribution is 2.38. The molecule has 1 aliphatic carbocycles. The summed E-state index contributed by atoms with van der Waals surface area (Å²) >= 11 is 6.23. The first kappa shape index (κ1) is 19.6. The van der Waals surface area contributed by atoms with Crippen molar-refractivity contribution in [2.75, 3.05) is 13.7 Å². The summed E-state index contributed by atoms with van der Waals surface area (Å²) in [7, 11) is 1.61. The van der Waals surface area contributed by atoms with Gasteiger partial charge in [0.15, 0.2) is 0 Å². The maximum atomic E-state index is 13.2. The number of methoxy groups -OCH3 is 1. The molecule has 1 saturated carbocycles. The Kier molecular flexibility index (Phi) is 5.57. The zero-order valence-electron chi connectivity index (χ0n) is 16.6. The van der Waals surface area contributed by atoms with Crippen LogP contribution in [0.2, 0.25) is 5.02 Å². The first-order valence-electron chi connectivity index (χ1n) is 10.3. The number of piperidine rings is 1. The van der Waals surface area contributed by atoms with Gasteiger partial charge in [-0.05, 0) is 42.9 Å². The van der Waals surface area contributed by atoms with Crippen LogP contribution in [0.15, 0.2) is 18.3 Å². The Bertz CT molecular complexity index is 865. The lowest BCUT2D eigenvalue weighted by Gasteiger charge is -2.46. The van der Waals surface area contributed by atoms with Crippen LogP contribution in [-0.4, -0.2) is 46.7 Å². The lowest BCUT2D eigenvalue weighted by Crippen LogP contribution is -2.54. The molecule has 4 rings (SSSR count). The zero-order valence-corrected chi connectivity index (χ0v) is 17.3. The molecule has 5 nitrogen and oxygen atoms in total. The molecule has 1 aliphatic heterocycles. The average molecular weight is 405 g/mol. The fourth-order valence-corrected chi connectivity index (χ4v) is 5.38. The standard InChI is InChI=1S/C22H29ClN2O3/c1-13(16-12-24-18-11-17(23)21(28-2)10-15(16)18)9-22(27)25-8-7-20(26)14-5-3-4-6-19(14)25/h10-14,19-20,24,26H,3-9H2,1-2H3. The molecule has 0 radical (unpaired) electrons. The van der Waals surface area contributed by atoms with E-state index in [4.69, 9.17) is 16.3 Å². The highest BCUT2D eigenvalue weighted by Gasteiger charge is 2.40. The fourth-order valence-electron chi connectivity index (χ4n) is 5.13. The van der Waals surface area contributed by atoms with Gasteiger partial charge >= 0.3 is 0 Å². The number of nitrogens with zero attached hydrogens (tertiary/aromatic N) is 1. The van der Waals surface area contributed by atoms with Crippen molar-refractivity contribution < 1.29 is 14.6 Å². The van der Waals surface area contributed by atoms with E-state index in [1.54, 1.807) is 7.11 Å². The number of likely N-dealkylation sites (tertiary alicyclic amines) is 1. The van der Waals surface area contributed by atoms with Crippen molar-refractivity contribution in [3.05, 3.63) is 28.9 Å². The Labute approximate surface area is 171 Å². The third-order valence-electron chi connectivity index (χ3n) is 6.66. The molecular weight excluding hydrogens is 376 g/mol. The van der Waals surface area contributed by atoms with E-state index in [9.17, 15) is 9.90 Å². The summed E-state index contributed by atoms with van der Waals surface area (Å²) in [5.41, 5.74) is 2.06. The number of benzene rings is 1. The number of carbonyl (C=O) groups excluding carboxylic acids is 1.